The summed E-state index contributed by atoms with van der Waals surface area (Å²) in [6.45, 7) is 10.4. The topological polar surface area (TPSA) is 75.8 Å². The van der Waals surface area contributed by atoms with Gasteiger partial charge in [-0.25, -0.2) is 0 Å². The highest BCUT2D eigenvalue weighted by Gasteiger charge is 2.09. The summed E-state index contributed by atoms with van der Waals surface area (Å²) in [5.41, 5.74) is 16.3. The molecule has 1 aromatic heterocycles. The van der Waals surface area contributed by atoms with Crippen LogP contribution in [0.4, 0.5) is 0 Å². The van der Waals surface area contributed by atoms with Crippen molar-refractivity contribution in [2.24, 2.45) is 11.5 Å². The summed E-state index contributed by atoms with van der Waals surface area (Å²) < 4.78 is 0. The Morgan fingerprint density at radius 2 is 1.79 bits per heavy atom. The number of nitrogens with zero attached hydrogens (tertiary/aromatic N) is 1. The molecule has 0 aromatic carbocycles. The Bertz CT molecular complexity index is 913. The average Bonchev–Trinajstić information content (AvgIpc) is 3.00. The van der Waals surface area contributed by atoms with Crippen molar-refractivity contribution in [2.45, 2.75) is 40.0 Å². The third-order valence-electron chi connectivity index (χ3n) is 4.45. The summed E-state index contributed by atoms with van der Waals surface area (Å²) in [5.74, 6) is 0. The molecule has 152 valence electrons. The fourth-order valence-corrected chi connectivity index (χ4v) is 3.81. The summed E-state index contributed by atoms with van der Waals surface area (Å²) in [6, 6.07) is 2.11. The van der Waals surface area contributed by atoms with Gasteiger partial charge in [0.15, 0.2) is 0 Å². The number of nitrogens with two attached hydrogens (primary N) is 2. The lowest BCUT2D eigenvalue weighted by Gasteiger charge is -2.03. The summed E-state index contributed by atoms with van der Waals surface area (Å²) in [6.07, 6.45) is 21.4. The first-order chi connectivity index (χ1) is 14.0. The number of nitriles is 1. The monoisotopic (exact) mass is 405 g/mol. The van der Waals surface area contributed by atoms with Gasteiger partial charge in [0.1, 0.15) is 0 Å². The van der Waals surface area contributed by atoms with E-state index in [1.807, 2.05) is 18.2 Å². The molecule has 1 aromatic rings. The minimum Gasteiger partial charge on any atom is -0.405 e. The van der Waals surface area contributed by atoms with Gasteiger partial charge in [0, 0.05) is 21.5 Å². The van der Waals surface area contributed by atoms with E-state index in [0.717, 1.165) is 30.4 Å². The van der Waals surface area contributed by atoms with Gasteiger partial charge < -0.3 is 11.5 Å². The van der Waals surface area contributed by atoms with E-state index in [4.69, 9.17) is 16.7 Å². The van der Waals surface area contributed by atoms with Gasteiger partial charge in [-0.2, -0.15) is 5.26 Å². The smallest absolute Gasteiger partial charge is 0.0988 e. The molecule has 0 amide bonds. The molecule has 0 aliphatic carbocycles. The number of unbranched alkanes of at least 4 members (excludes halogenated alkanes) is 1. The molecule has 0 atom stereocenters. The zero-order chi connectivity index (χ0) is 21.6. The maximum atomic E-state index is 8.99. The minimum atomic E-state index is 0.568. The van der Waals surface area contributed by atoms with Gasteiger partial charge in [0.05, 0.1) is 6.07 Å². The number of thiophene rings is 1. The number of hydrogen-bond donors (Lipinski definition) is 2. The minimum absolute atomic E-state index is 0.568. The highest BCUT2D eigenvalue weighted by atomic mass is 32.1. The average molecular weight is 406 g/mol. The fraction of sp³-hybridized carbons (Fsp3) is 0.240. The Labute approximate surface area is 179 Å². The van der Waals surface area contributed by atoms with Crippen LogP contribution >= 0.6 is 11.3 Å². The first-order valence-corrected chi connectivity index (χ1v) is 10.5. The maximum Gasteiger partial charge on any atom is 0.0988 e. The van der Waals surface area contributed by atoms with Crippen molar-refractivity contribution in [2.75, 3.05) is 0 Å². The van der Waals surface area contributed by atoms with Crippen LogP contribution in [0.25, 0.3) is 12.2 Å². The summed E-state index contributed by atoms with van der Waals surface area (Å²) in [5, 5.41) is 8.99. The number of allylic oxidation sites excluding steroid dienone is 9. The predicted octanol–water partition coefficient (Wildman–Crippen LogP) is 6.46. The van der Waals surface area contributed by atoms with Gasteiger partial charge in [-0.3, -0.25) is 0 Å². The van der Waals surface area contributed by atoms with E-state index in [2.05, 4.69) is 57.7 Å². The highest BCUT2D eigenvalue weighted by Crippen LogP contribution is 2.31. The summed E-state index contributed by atoms with van der Waals surface area (Å²) >= 11 is 1.78. The Morgan fingerprint density at radius 1 is 1.07 bits per heavy atom. The van der Waals surface area contributed by atoms with Crippen LogP contribution in [0.1, 0.15) is 47.1 Å². The molecule has 0 spiro atoms. The van der Waals surface area contributed by atoms with Gasteiger partial charge in [-0.15, -0.1) is 11.3 Å². The quantitative estimate of drug-likeness (QED) is 0.266. The largest absolute Gasteiger partial charge is 0.405 e. The SMILES string of the molecule is C=CC(=C\c1sc(/C=C\CC)c(C)c1C)/C(/C=C\CC/C=C(C#N)\C=C/N)=C/N. The third kappa shape index (κ3) is 7.48. The molecule has 0 saturated carbocycles. The summed E-state index contributed by atoms with van der Waals surface area (Å²) in [7, 11) is 0. The normalized spacial score (nSPS) is 13.7. The van der Waals surface area contributed by atoms with Gasteiger partial charge in [-0.05, 0) is 79.8 Å². The van der Waals surface area contributed by atoms with E-state index in [-0.39, 0.29) is 0 Å². The standard InChI is InChI=1S/C25H31N3S/c1-5-7-13-24-19(3)20(4)25(29-24)16-22(6-2)23(18-28)12-10-8-9-11-21(17-27)14-15-26/h6-7,10-16,18H,2,5,8-9,26,28H2,1,3-4H3/b12-10-,13-7-,15-14-,21-11+,22-16+,23-18+. The maximum absolute atomic E-state index is 8.99. The van der Waals surface area contributed by atoms with Crippen LogP contribution in [0, 0.1) is 25.2 Å². The molecule has 1 heterocycles. The lowest BCUT2D eigenvalue weighted by atomic mass is 10.0. The van der Waals surface area contributed by atoms with Gasteiger partial charge in [-0.1, -0.05) is 43.9 Å². The van der Waals surface area contributed by atoms with Crippen molar-refractivity contribution in [3.63, 3.8) is 0 Å². The number of hydrogen-bond acceptors (Lipinski definition) is 4. The molecule has 0 unspecified atom stereocenters. The van der Waals surface area contributed by atoms with Gasteiger partial charge in [0.2, 0.25) is 0 Å². The van der Waals surface area contributed by atoms with Crippen molar-refractivity contribution in [1.82, 2.24) is 0 Å². The Hall–Kier alpha value is -3.03. The molecule has 0 saturated heterocycles. The van der Waals surface area contributed by atoms with E-state index in [1.54, 1.807) is 23.6 Å². The Balaban J connectivity index is 2.99. The van der Waals surface area contributed by atoms with E-state index in [1.165, 1.54) is 27.1 Å². The van der Waals surface area contributed by atoms with E-state index >= 15 is 0 Å². The van der Waals surface area contributed by atoms with Crippen molar-refractivity contribution < 1.29 is 0 Å². The second kappa shape index (κ2) is 13.2. The lowest BCUT2D eigenvalue weighted by Crippen LogP contribution is -1.90. The van der Waals surface area contributed by atoms with E-state index < -0.39 is 0 Å². The van der Waals surface area contributed by atoms with E-state index in [0.29, 0.717) is 5.57 Å². The predicted molar refractivity (Wildman–Crippen MR) is 129 cm³/mol. The molecule has 4 N–H and O–H groups in total. The molecule has 0 fully saturated rings. The van der Waals surface area contributed by atoms with Crippen LogP contribution in [0.2, 0.25) is 0 Å². The van der Waals surface area contributed by atoms with Crippen molar-refractivity contribution in [3.05, 3.63) is 93.0 Å². The molecule has 1 rings (SSSR count). The van der Waals surface area contributed by atoms with Gasteiger partial charge in [0.25, 0.3) is 0 Å². The van der Waals surface area contributed by atoms with Crippen LogP contribution in [0.15, 0.2) is 72.2 Å². The molecule has 3 nitrogen and oxygen atoms in total. The highest BCUT2D eigenvalue weighted by molar-refractivity contribution is 7.14. The molecular weight excluding hydrogens is 374 g/mol. The molecule has 0 bridgehead atoms. The van der Waals surface area contributed by atoms with Crippen LogP contribution in [-0.2, 0) is 0 Å². The Morgan fingerprint density at radius 3 is 2.38 bits per heavy atom. The molecule has 0 radical (unpaired) electrons. The first-order valence-electron chi connectivity index (χ1n) is 9.70. The fourth-order valence-electron chi connectivity index (χ4n) is 2.61. The van der Waals surface area contributed by atoms with Crippen LogP contribution in [-0.4, -0.2) is 0 Å². The number of rotatable bonds is 10. The van der Waals surface area contributed by atoms with Crippen molar-refractivity contribution in [1.29, 1.82) is 5.26 Å². The Kier molecular flexibility index (Phi) is 10.9. The second-order valence-corrected chi connectivity index (χ2v) is 7.51. The summed E-state index contributed by atoms with van der Waals surface area (Å²) in [4.78, 5) is 2.51. The zero-order valence-electron chi connectivity index (χ0n) is 17.6. The van der Waals surface area contributed by atoms with Crippen LogP contribution in [0.3, 0.4) is 0 Å². The van der Waals surface area contributed by atoms with Crippen LogP contribution < -0.4 is 11.5 Å². The molecule has 0 aliphatic heterocycles. The van der Waals surface area contributed by atoms with Crippen molar-refractivity contribution in [3.8, 4) is 6.07 Å². The third-order valence-corrected chi connectivity index (χ3v) is 5.75. The molecular formula is C25H31N3S. The molecule has 29 heavy (non-hydrogen) atoms. The van der Waals surface area contributed by atoms with E-state index in [9.17, 15) is 0 Å². The zero-order valence-corrected chi connectivity index (χ0v) is 18.4. The van der Waals surface area contributed by atoms with Gasteiger partial charge >= 0.3 is 0 Å². The first kappa shape index (κ1) is 24.0. The van der Waals surface area contributed by atoms with Crippen LogP contribution in [0.5, 0.6) is 0 Å². The molecule has 4 heteroatoms. The lowest BCUT2D eigenvalue weighted by molar-refractivity contribution is 1.04. The second-order valence-electron chi connectivity index (χ2n) is 6.43. The van der Waals surface area contributed by atoms with Crippen molar-refractivity contribution >= 4 is 23.5 Å². The molecule has 0 aliphatic rings.